The Morgan fingerprint density at radius 3 is 2.52 bits per heavy atom. The molecule has 2 aromatic carbocycles. The standard InChI is InChI=1S/C20H20ClNO5/c1-12-6-13(2)8-15(7-12)22-18(23)11-27-20(24)14-9-16(21)19-17(10-14)25-4-3-5-26-19/h6-10H,3-5,11H2,1-2H3,(H,22,23). The maximum atomic E-state index is 12.3. The van der Waals surface area contributed by atoms with Gasteiger partial charge in [0.1, 0.15) is 0 Å². The van der Waals surface area contributed by atoms with Gasteiger partial charge in [-0.3, -0.25) is 4.79 Å². The lowest BCUT2D eigenvalue weighted by atomic mass is 10.1. The van der Waals surface area contributed by atoms with Crippen molar-refractivity contribution in [3.8, 4) is 11.5 Å². The zero-order valence-electron chi connectivity index (χ0n) is 15.1. The first-order valence-electron chi connectivity index (χ1n) is 8.57. The number of ether oxygens (including phenoxy) is 3. The minimum Gasteiger partial charge on any atom is -0.489 e. The first kappa shape index (κ1) is 19.0. The molecular weight excluding hydrogens is 370 g/mol. The zero-order chi connectivity index (χ0) is 19.4. The molecule has 0 fully saturated rings. The lowest BCUT2D eigenvalue weighted by molar-refractivity contribution is -0.119. The molecule has 0 aliphatic carbocycles. The van der Waals surface area contributed by atoms with Crippen molar-refractivity contribution >= 4 is 29.2 Å². The molecule has 0 bridgehead atoms. The number of hydrogen-bond donors (Lipinski definition) is 1. The molecule has 1 heterocycles. The number of esters is 1. The molecule has 0 saturated carbocycles. The van der Waals surface area contributed by atoms with Crippen molar-refractivity contribution in [1.82, 2.24) is 0 Å². The maximum absolute atomic E-state index is 12.3. The third-order valence-corrected chi connectivity index (χ3v) is 4.16. The van der Waals surface area contributed by atoms with E-state index in [2.05, 4.69) is 5.32 Å². The summed E-state index contributed by atoms with van der Waals surface area (Å²) < 4.78 is 16.2. The molecule has 0 radical (unpaired) electrons. The lowest BCUT2D eigenvalue weighted by Crippen LogP contribution is -2.21. The van der Waals surface area contributed by atoms with E-state index in [0.29, 0.717) is 30.4 Å². The van der Waals surface area contributed by atoms with Gasteiger partial charge in [0, 0.05) is 12.1 Å². The highest BCUT2D eigenvalue weighted by atomic mass is 35.5. The highest BCUT2D eigenvalue weighted by Crippen LogP contribution is 2.38. The summed E-state index contributed by atoms with van der Waals surface area (Å²) in [7, 11) is 0. The summed E-state index contributed by atoms with van der Waals surface area (Å²) in [5.41, 5.74) is 2.92. The number of rotatable bonds is 4. The van der Waals surface area contributed by atoms with Crippen molar-refractivity contribution in [2.75, 3.05) is 25.1 Å². The van der Waals surface area contributed by atoms with Crippen LogP contribution in [0.15, 0.2) is 30.3 Å². The van der Waals surface area contributed by atoms with Crippen LogP contribution >= 0.6 is 11.6 Å². The van der Waals surface area contributed by atoms with Crippen LogP contribution in [0.4, 0.5) is 5.69 Å². The van der Waals surface area contributed by atoms with Gasteiger partial charge in [0.15, 0.2) is 18.1 Å². The number of anilines is 1. The zero-order valence-corrected chi connectivity index (χ0v) is 15.9. The van der Waals surface area contributed by atoms with Gasteiger partial charge in [-0.05, 0) is 49.2 Å². The molecule has 0 aromatic heterocycles. The number of fused-ring (bicyclic) bond motifs is 1. The Morgan fingerprint density at radius 2 is 1.78 bits per heavy atom. The molecule has 1 N–H and O–H groups in total. The second-order valence-corrected chi connectivity index (χ2v) is 6.74. The van der Waals surface area contributed by atoms with Crippen LogP contribution in [0.5, 0.6) is 11.5 Å². The van der Waals surface area contributed by atoms with Gasteiger partial charge >= 0.3 is 5.97 Å². The summed E-state index contributed by atoms with van der Waals surface area (Å²) in [4.78, 5) is 24.3. The van der Waals surface area contributed by atoms with Crippen LogP contribution in [-0.2, 0) is 9.53 Å². The highest BCUT2D eigenvalue weighted by molar-refractivity contribution is 6.32. The second kappa shape index (κ2) is 8.31. The summed E-state index contributed by atoms with van der Waals surface area (Å²) in [5.74, 6) is -0.276. The number of aryl methyl sites for hydroxylation is 2. The molecule has 1 aliphatic rings. The van der Waals surface area contributed by atoms with Crippen molar-refractivity contribution in [3.05, 3.63) is 52.0 Å². The SMILES string of the molecule is Cc1cc(C)cc(NC(=O)COC(=O)c2cc(Cl)c3c(c2)OCCCO3)c1. The predicted molar refractivity (Wildman–Crippen MR) is 102 cm³/mol. The van der Waals surface area contributed by atoms with E-state index in [4.69, 9.17) is 25.8 Å². The fourth-order valence-corrected chi connectivity index (χ4v) is 3.07. The van der Waals surface area contributed by atoms with Gasteiger partial charge in [-0.1, -0.05) is 17.7 Å². The third kappa shape index (κ3) is 4.92. The first-order valence-corrected chi connectivity index (χ1v) is 8.94. The van der Waals surface area contributed by atoms with E-state index in [9.17, 15) is 9.59 Å². The summed E-state index contributed by atoms with van der Waals surface area (Å²) >= 11 is 6.17. The van der Waals surface area contributed by atoms with E-state index in [1.54, 1.807) is 0 Å². The molecule has 0 atom stereocenters. The largest absolute Gasteiger partial charge is 0.489 e. The number of carbonyl (C=O) groups excluding carboxylic acids is 2. The second-order valence-electron chi connectivity index (χ2n) is 6.34. The van der Waals surface area contributed by atoms with Crippen LogP contribution in [0.2, 0.25) is 5.02 Å². The van der Waals surface area contributed by atoms with Crippen molar-refractivity contribution < 1.29 is 23.8 Å². The average molecular weight is 390 g/mol. The summed E-state index contributed by atoms with van der Waals surface area (Å²) in [6.45, 7) is 4.44. The maximum Gasteiger partial charge on any atom is 0.338 e. The van der Waals surface area contributed by atoms with Crippen LogP contribution in [0, 0.1) is 13.8 Å². The first-order chi connectivity index (χ1) is 12.9. The van der Waals surface area contributed by atoms with Gasteiger partial charge < -0.3 is 19.5 Å². The fraction of sp³-hybridized carbons (Fsp3) is 0.300. The quantitative estimate of drug-likeness (QED) is 0.802. The van der Waals surface area contributed by atoms with E-state index in [-0.39, 0.29) is 10.6 Å². The van der Waals surface area contributed by atoms with Gasteiger partial charge in [-0.25, -0.2) is 4.79 Å². The van der Waals surface area contributed by atoms with Gasteiger partial charge in [0.05, 0.1) is 23.8 Å². The summed E-state index contributed by atoms with van der Waals surface area (Å²) in [5, 5.41) is 2.98. The van der Waals surface area contributed by atoms with E-state index < -0.39 is 18.5 Å². The Hall–Kier alpha value is -2.73. The van der Waals surface area contributed by atoms with E-state index >= 15 is 0 Å². The van der Waals surface area contributed by atoms with E-state index in [1.165, 1.54) is 12.1 Å². The van der Waals surface area contributed by atoms with Crippen molar-refractivity contribution in [2.24, 2.45) is 0 Å². The number of halogens is 1. The molecule has 1 amide bonds. The molecule has 7 heteroatoms. The van der Waals surface area contributed by atoms with Gasteiger partial charge in [0.2, 0.25) is 0 Å². The Kier molecular flexibility index (Phi) is 5.86. The molecular formula is C20H20ClNO5. The smallest absolute Gasteiger partial charge is 0.338 e. The van der Waals surface area contributed by atoms with Crippen molar-refractivity contribution in [1.29, 1.82) is 0 Å². The Morgan fingerprint density at radius 1 is 1.07 bits per heavy atom. The number of benzene rings is 2. The van der Waals surface area contributed by atoms with Crippen LogP contribution in [0.25, 0.3) is 0 Å². The van der Waals surface area contributed by atoms with E-state index in [0.717, 1.165) is 17.5 Å². The highest BCUT2D eigenvalue weighted by Gasteiger charge is 2.19. The van der Waals surface area contributed by atoms with Crippen LogP contribution in [0.3, 0.4) is 0 Å². The van der Waals surface area contributed by atoms with Crippen LogP contribution in [-0.4, -0.2) is 31.7 Å². The Bertz CT molecular complexity index is 861. The molecule has 3 rings (SSSR count). The fourth-order valence-electron chi connectivity index (χ4n) is 2.81. The minimum absolute atomic E-state index is 0.198. The number of nitrogens with one attached hydrogen (secondary N) is 1. The Balaban J connectivity index is 1.63. The normalized spacial score (nSPS) is 12.9. The van der Waals surface area contributed by atoms with E-state index in [1.807, 2.05) is 32.0 Å². The molecule has 0 unspecified atom stereocenters. The molecule has 142 valence electrons. The predicted octanol–water partition coefficient (Wildman–Crippen LogP) is 3.91. The minimum atomic E-state index is -0.664. The molecule has 0 spiro atoms. The van der Waals surface area contributed by atoms with Crippen LogP contribution < -0.4 is 14.8 Å². The summed E-state index contributed by atoms with van der Waals surface area (Å²) in [6.07, 6.45) is 0.726. The van der Waals surface area contributed by atoms with Gasteiger partial charge in [-0.2, -0.15) is 0 Å². The topological polar surface area (TPSA) is 73.9 Å². The van der Waals surface area contributed by atoms with Gasteiger partial charge in [0.25, 0.3) is 5.91 Å². The Labute approximate surface area is 162 Å². The van der Waals surface area contributed by atoms with Crippen LogP contribution in [0.1, 0.15) is 27.9 Å². The number of carbonyl (C=O) groups is 2. The van der Waals surface area contributed by atoms with Crippen molar-refractivity contribution in [2.45, 2.75) is 20.3 Å². The van der Waals surface area contributed by atoms with Gasteiger partial charge in [-0.15, -0.1) is 0 Å². The molecule has 2 aromatic rings. The molecule has 1 aliphatic heterocycles. The molecule has 0 saturated heterocycles. The summed E-state index contributed by atoms with van der Waals surface area (Å²) in [6, 6.07) is 8.64. The number of hydrogen-bond acceptors (Lipinski definition) is 5. The lowest BCUT2D eigenvalue weighted by Gasteiger charge is -2.12. The van der Waals surface area contributed by atoms with Crippen molar-refractivity contribution in [3.63, 3.8) is 0 Å². The average Bonchev–Trinajstić information content (AvgIpc) is 2.84. The molecule has 6 nitrogen and oxygen atoms in total. The number of amides is 1. The third-order valence-electron chi connectivity index (χ3n) is 3.88. The molecule has 27 heavy (non-hydrogen) atoms. The monoisotopic (exact) mass is 389 g/mol.